The summed E-state index contributed by atoms with van der Waals surface area (Å²) in [4.78, 5) is 2.36. The zero-order chi connectivity index (χ0) is 23.2. The van der Waals surface area contributed by atoms with Gasteiger partial charge in [-0.25, -0.2) is 0 Å². The van der Waals surface area contributed by atoms with Crippen LogP contribution in [0.2, 0.25) is 0 Å². The third kappa shape index (κ3) is 3.62. The first-order chi connectivity index (χ1) is 16.0. The van der Waals surface area contributed by atoms with Gasteiger partial charge in [0, 0.05) is 23.8 Å². The van der Waals surface area contributed by atoms with Gasteiger partial charge in [-0.1, -0.05) is 69.7 Å². The van der Waals surface area contributed by atoms with Gasteiger partial charge in [-0.3, -0.25) is 0 Å². The highest BCUT2D eigenvalue weighted by Crippen LogP contribution is 2.52. The summed E-state index contributed by atoms with van der Waals surface area (Å²) in [5.41, 5.74) is 14.6. The number of hydrogen-bond donors (Lipinski definition) is 0. The predicted molar refractivity (Wildman–Crippen MR) is 144 cm³/mol. The number of rotatable bonds is 5. The fourth-order valence-electron chi connectivity index (χ4n) is 6.16. The van der Waals surface area contributed by atoms with Gasteiger partial charge >= 0.3 is 0 Å². The van der Waals surface area contributed by atoms with Gasteiger partial charge in [-0.05, 0) is 102 Å². The largest absolute Gasteiger partial charge is 0.345 e. The summed E-state index contributed by atoms with van der Waals surface area (Å²) in [6.07, 6.45) is 7.29. The standard InChI is InChI=1S/C32H37N/c1-6-22-12-8-9-13-26(22)27-18-16-24(20-23(27)7-2)33(5)25-17-19-29-28-14-10-11-15-30(28)32(3,4)31(29)21-25/h8-9,12-13,16-21H,6-7,10-11,14-15H2,1-5H3. The van der Waals surface area contributed by atoms with E-state index >= 15 is 0 Å². The molecule has 3 aromatic rings. The summed E-state index contributed by atoms with van der Waals surface area (Å²) in [7, 11) is 2.21. The van der Waals surface area contributed by atoms with Gasteiger partial charge in [0.2, 0.25) is 0 Å². The SMILES string of the molecule is CCc1ccccc1-c1ccc(N(C)c2ccc3c(c2)C(C)(C)C2=C3CCCC2)cc1CC. The fraction of sp³-hybridized carbons (Fsp3) is 0.375. The Morgan fingerprint density at radius 3 is 2.12 bits per heavy atom. The van der Waals surface area contributed by atoms with E-state index in [1.54, 1.807) is 11.1 Å². The molecule has 0 spiro atoms. The number of hydrogen-bond acceptors (Lipinski definition) is 1. The molecule has 0 amide bonds. The van der Waals surface area contributed by atoms with Crippen molar-refractivity contribution in [2.75, 3.05) is 11.9 Å². The molecule has 0 saturated heterocycles. The van der Waals surface area contributed by atoms with Crippen molar-refractivity contribution < 1.29 is 0 Å². The molecule has 0 aliphatic heterocycles. The Morgan fingerprint density at radius 1 is 0.727 bits per heavy atom. The van der Waals surface area contributed by atoms with Crippen LogP contribution in [-0.2, 0) is 18.3 Å². The van der Waals surface area contributed by atoms with Crippen molar-refractivity contribution in [1.29, 1.82) is 0 Å². The smallest absolute Gasteiger partial charge is 0.0411 e. The van der Waals surface area contributed by atoms with Crippen molar-refractivity contribution in [2.24, 2.45) is 0 Å². The van der Waals surface area contributed by atoms with Crippen LogP contribution in [0.5, 0.6) is 0 Å². The van der Waals surface area contributed by atoms with Gasteiger partial charge in [0.15, 0.2) is 0 Å². The number of fused-ring (bicyclic) bond motifs is 2. The van der Waals surface area contributed by atoms with Crippen molar-refractivity contribution >= 4 is 16.9 Å². The zero-order valence-electron chi connectivity index (χ0n) is 21.0. The van der Waals surface area contributed by atoms with E-state index in [-0.39, 0.29) is 5.41 Å². The van der Waals surface area contributed by atoms with Crippen molar-refractivity contribution in [1.82, 2.24) is 0 Å². The summed E-state index contributed by atoms with van der Waals surface area (Å²) in [6, 6.07) is 23.0. The molecule has 3 aromatic carbocycles. The van der Waals surface area contributed by atoms with Gasteiger partial charge in [0.25, 0.3) is 0 Å². The van der Waals surface area contributed by atoms with Gasteiger partial charge in [0.05, 0.1) is 0 Å². The van der Waals surface area contributed by atoms with E-state index < -0.39 is 0 Å². The average Bonchev–Trinajstić information content (AvgIpc) is 3.09. The van der Waals surface area contributed by atoms with Crippen LogP contribution in [0.15, 0.2) is 66.2 Å². The van der Waals surface area contributed by atoms with E-state index in [4.69, 9.17) is 0 Å². The van der Waals surface area contributed by atoms with Crippen LogP contribution in [0.3, 0.4) is 0 Å². The molecule has 5 rings (SSSR count). The molecule has 1 nitrogen and oxygen atoms in total. The second kappa shape index (κ2) is 8.52. The van der Waals surface area contributed by atoms with Crippen molar-refractivity contribution in [2.45, 2.75) is 71.6 Å². The van der Waals surface area contributed by atoms with E-state index in [0.717, 1.165) is 12.8 Å². The summed E-state index contributed by atoms with van der Waals surface area (Å²) in [6.45, 7) is 9.37. The summed E-state index contributed by atoms with van der Waals surface area (Å²) < 4.78 is 0. The molecule has 0 N–H and O–H groups in total. The van der Waals surface area contributed by atoms with E-state index in [1.807, 2.05) is 0 Å². The molecule has 2 aliphatic rings. The molecule has 0 saturated carbocycles. The Hall–Kier alpha value is -2.80. The van der Waals surface area contributed by atoms with Crippen LogP contribution in [-0.4, -0.2) is 7.05 Å². The average molecular weight is 436 g/mol. The second-order valence-corrected chi connectivity index (χ2v) is 10.3. The van der Waals surface area contributed by atoms with Crippen molar-refractivity contribution in [3.05, 3.63) is 88.5 Å². The van der Waals surface area contributed by atoms with Crippen molar-refractivity contribution in [3.63, 3.8) is 0 Å². The molecule has 170 valence electrons. The Balaban J connectivity index is 1.51. The third-order valence-corrected chi connectivity index (χ3v) is 8.16. The molecule has 0 atom stereocenters. The van der Waals surface area contributed by atoms with E-state index in [9.17, 15) is 0 Å². The highest BCUT2D eigenvalue weighted by molar-refractivity contribution is 5.83. The third-order valence-electron chi connectivity index (χ3n) is 8.16. The highest BCUT2D eigenvalue weighted by atomic mass is 15.1. The van der Waals surface area contributed by atoms with Crippen LogP contribution < -0.4 is 4.90 Å². The molecular formula is C32H37N. The zero-order valence-corrected chi connectivity index (χ0v) is 21.0. The first-order valence-electron chi connectivity index (χ1n) is 12.8. The van der Waals surface area contributed by atoms with E-state index in [2.05, 4.69) is 100 Å². The maximum absolute atomic E-state index is 2.46. The molecule has 0 bridgehead atoms. The molecule has 0 heterocycles. The Kier molecular flexibility index (Phi) is 5.69. The first-order valence-corrected chi connectivity index (χ1v) is 12.8. The number of aryl methyl sites for hydroxylation is 2. The molecule has 33 heavy (non-hydrogen) atoms. The number of nitrogens with zero attached hydrogens (tertiary/aromatic N) is 1. The maximum atomic E-state index is 2.46. The molecule has 1 heteroatoms. The predicted octanol–water partition coefficient (Wildman–Crippen LogP) is 8.87. The Bertz CT molecular complexity index is 1230. The minimum atomic E-state index is 0.157. The number of benzene rings is 3. The number of allylic oxidation sites excluding steroid dienone is 2. The van der Waals surface area contributed by atoms with Gasteiger partial charge < -0.3 is 4.90 Å². The number of anilines is 2. The Labute approximate surface area is 200 Å². The van der Waals surface area contributed by atoms with Crippen molar-refractivity contribution in [3.8, 4) is 11.1 Å². The normalized spacial score (nSPS) is 16.5. The lowest BCUT2D eigenvalue weighted by molar-refractivity contribution is 0.574. The molecular weight excluding hydrogens is 398 g/mol. The van der Waals surface area contributed by atoms with Gasteiger partial charge in [0.1, 0.15) is 0 Å². The lowest BCUT2D eigenvalue weighted by Crippen LogP contribution is -2.19. The lowest BCUT2D eigenvalue weighted by atomic mass is 9.77. The first kappa shape index (κ1) is 22.0. The molecule has 0 radical (unpaired) electrons. The van der Waals surface area contributed by atoms with Crippen LogP contribution >= 0.6 is 0 Å². The maximum Gasteiger partial charge on any atom is 0.0411 e. The second-order valence-electron chi connectivity index (χ2n) is 10.3. The highest BCUT2D eigenvalue weighted by Gasteiger charge is 2.38. The fourth-order valence-corrected chi connectivity index (χ4v) is 6.16. The molecule has 0 fully saturated rings. The minimum absolute atomic E-state index is 0.157. The van der Waals surface area contributed by atoms with Crippen LogP contribution in [0.4, 0.5) is 11.4 Å². The van der Waals surface area contributed by atoms with Gasteiger partial charge in [-0.2, -0.15) is 0 Å². The quantitative estimate of drug-likeness (QED) is 0.387. The molecule has 0 unspecified atom stereocenters. The monoisotopic (exact) mass is 435 g/mol. The summed E-state index contributed by atoms with van der Waals surface area (Å²) in [5, 5.41) is 0. The van der Waals surface area contributed by atoms with E-state index in [1.165, 1.54) is 70.4 Å². The lowest BCUT2D eigenvalue weighted by Gasteiger charge is -2.28. The van der Waals surface area contributed by atoms with Crippen LogP contribution in [0.1, 0.15) is 75.6 Å². The van der Waals surface area contributed by atoms with Gasteiger partial charge in [-0.15, -0.1) is 0 Å². The topological polar surface area (TPSA) is 3.24 Å². The molecule has 2 aliphatic carbocycles. The van der Waals surface area contributed by atoms with E-state index in [0.29, 0.717) is 0 Å². The summed E-state index contributed by atoms with van der Waals surface area (Å²) in [5.74, 6) is 0. The Morgan fingerprint density at radius 2 is 1.36 bits per heavy atom. The summed E-state index contributed by atoms with van der Waals surface area (Å²) >= 11 is 0. The molecule has 0 aromatic heterocycles. The minimum Gasteiger partial charge on any atom is -0.345 e. The van der Waals surface area contributed by atoms with Crippen LogP contribution in [0.25, 0.3) is 16.7 Å². The van der Waals surface area contributed by atoms with Crippen LogP contribution in [0, 0.1) is 0 Å².